The number of carboxylic acids is 1. The van der Waals surface area contributed by atoms with Crippen molar-refractivity contribution in [1.82, 2.24) is 15.0 Å². The summed E-state index contributed by atoms with van der Waals surface area (Å²) in [6, 6.07) is 6.10. The SMILES string of the molecule is O=C(O)CNC(=O)c1c(O)c2cccnc2n(Oc2ccc(C(F)(F)F)cc2)c1=O. The van der Waals surface area contributed by atoms with Crippen molar-refractivity contribution < 1.29 is 37.8 Å². The number of fused-ring (bicyclic) bond motifs is 1. The molecule has 156 valence electrons. The molecule has 0 unspecified atom stereocenters. The second-order valence-electron chi connectivity index (χ2n) is 5.89. The van der Waals surface area contributed by atoms with Crippen LogP contribution in [0.3, 0.4) is 0 Å². The Balaban J connectivity index is 2.11. The van der Waals surface area contributed by atoms with Crippen molar-refractivity contribution in [2.24, 2.45) is 0 Å². The zero-order valence-electron chi connectivity index (χ0n) is 14.8. The molecule has 1 amide bonds. The van der Waals surface area contributed by atoms with Crippen LogP contribution in [0.15, 0.2) is 47.4 Å². The molecule has 0 saturated carbocycles. The molecule has 12 heteroatoms. The third kappa shape index (κ3) is 4.01. The van der Waals surface area contributed by atoms with Gasteiger partial charge in [-0.25, -0.2) is 4.98 Å². The molecule has 0 radical (unpaired) electrons. The number of aliphatic carboxylic acids is 1. The normalized spacial score (nSPS) is 11.3. The standard InChI is InChI=1S/C18H12F3N3O6/c19-18(20,21)9-3-5-10(6-4-9)30-24-15-11(2-1-7-22-15)14(27)13(17(24)29)16(28)23-8-12(25)26/h1-7,27H,8H2,(H,23,28)(H,25,26). The van der Waals surface area contributed by atoms with Gasteiger partial charge in [0, 0.05) is 6.20 Å². The molecule has 1 aromatic carbocycles. The van der Waals surface area contributed by atoms with Crippen molar-refractivity contribution in [2.75, 3.05) is 6.54 Å². The van der Waals surface area contributed by atoms with Crippen LogP contribution in [0.2, 0.25) is 0 Å². The van der Waals surface area contributed by atoms with E-state index in [1.807, 2.05) is 5.32 Å². The number of hydrogen-bond acceptors (Lipinski definition) is 6. The van der Waals surface area contributed by atoms with Crippen molar-refractivity contribution in [1.29, 1.82) is 0 Å². The summed E-state index contributed by atoms with van der Waals surface area (Å²) in [7, 11) is 0. The second-order valence-corrected chi connectivity index (χ2v) is 5.89. The van der Waals surface area contributed by atoms with Crippen molar-refractivity contribution in [3.8, 4) is 11.5 Å². The van der Waals surface area contributed by atoms with Crippen LogP contribution < -0.4 is 15.7 Å². The molecule has 9 nitrogen and oxygen atoms in total. The third-order valence-electron chi connectivity index (χ3n) is 3.87. The first kappa shape index (κ1) is 20.6. The van der Waals surface area contributed by atoms with E-state index in [1.165, 1.54) is 18.3 Å². The van der Waals surface area contributed by atoms with E-state index in [-0.39, 0.29) is 16.8 Å². The number of alkyl halides is 3. The highest BCUT2D eigenvalue weighted by Gasteiger charge is 2.30. The molecule has 2 heterocycles. The van der Waals surface area contributed by atoms with Crippen LogP contribution >= 0.6 is 0 Å². The van der Waals surface area contributed by atoms with E-state index in [0.29, 0.717) is 4.73 Å². The summed E-state index contributed by atoms with van der Waals surface area (Å²) < 4.78 is 38.7. The fraction of sp³-hybridized carbons (Fsp3) is 0.111. The highest BCUT2D eigenvalue weighted by molar-refractivity contribution is 6.02. The zero-order valence-corrected chi connectivity index (χ0v) is 14.8. The lowest BCUT2D eigenvalue weighted by atomic mass is 10.1. The first-order valence-electron chi connectivity index (χ1n) is 8.18. The Morgan fingerprint density at radius 1 is 1.17 bits per heavy atom. The molecule has 0 aliphatic carbocycles. The highest BCUT2D eigenvalue weighted by Crippen LogP contribution is 2.31. The van der Waals surface area contributed by atoms with Crippen LogP contribution in [0.4, 0.5) is 13.2 Å². The third-order valence-corrected chi connectivity index (χ3v) is 3.87. The van der Waals surface area contributed by atoms with Crippen LogP contribution in [0.5, 0.6) is 11.5 Å². The number of carboxylic acid groups (broad SMARTS) is 1. The van der Waals surface area contributed by atoms with Gasteiger partial charge in [-0.1, -0.05) is 0 Å². The molecule has 0 atom stereocenters. The largest absolute Gasteiger partial charge is 0.506 e. The van der Waals surface area contributed by atoms with Gasteiger partial charge in [-0.15, -0.1) is 4.73 Å². The van der Waals surface area contributed by atoms with Gasteiger partial charge in [0.25, 0.3) is 5.91 Å². The van der Waals surface area contributed by atoms with Gasteiger partial charge in [-0.05, 0) is 36.4 Å². The average Bonchev–Trinajstić information content (AvgIpc) is 2.69. The lowest BCUT2D eigenvalue weighted by Crippen LogP contribution is -2.37. The molecule has 0 spiro atoms. The van der Waals surface area contributed by atoms with E-state index in [9.17, 15) is 32.7 Å². The molecule has 0 bridgehead atoms. The number of hydrogen-bond donors (Lipinski definition) is 3. The Kier molecular flexibility index (Phi) is 5.32. The fourth-order valence-electron chi connectivity index (χ4n) is 2.52. The molecule has 0 fully saturated rings. The molecule has 2 aromatic heterocycles. The number of rotatable bonds is 5. The molecule has 0 saturated heterocycles. The van der Waals surface area contributed by atoms with E-state index in [4.69, 9.17) is 9.94 Å². The smallest absolute Gasteiger partial charge is 0.416 e. The maximum atomic E-state index is 12.8. The van der Waals surface area contributed by atoms with E-state index < -0.39 is 47.0 Å². The summed E-state index contributed by atoms with van der Waals surface area (Å²) in [5.74, 6) is -3.50. The molecular formula is C18H12F3N3O6. The maximum absolute atomic E-state index is 12.8. The van der Waals surface area contributed by atoms with E-state index in [2.05, 4.69) is 4.98 Å². The minimum absolute atomic E-state index is 0.0792. The van der Waals surface area contributed by atoms with Crippen LogP contribution in [-0.2, 0) is 11.0 Å². The van der Waals surface area contributed by atoms with Crippen molar-refractivity contribution in [3.05, 3.63) is 64.1 Å². The Morgan fingerprint density at radius 2 is 1.83 bits per heavy atom. The summed E-state index contributed by atoms with van der Waals surface area (Å²) in [4.78, 5) is 44.9. The summed E-state index contributed by atoms with van der Waals surface area (Å²) in [5, 5.41) is 20.9. The van der Waals surface area contributed by atoms with E-state index in [0.717, 1.165) is 24.3 Å². The number of benzene rings is 1. The first-order valence-corrected chi connectivity index (χ1v) is 8.18. The number of carbonyl (C=O) groups excluding carboxylic acids is 1. The minimum Gasteiger partial charge on any atom is -0.506 e. The van der Waals surface area contributed by atoms with Gasteiger partial charge in [0.2, 0.25) is 0 Å². The molecule has 3 N–H and O–H groups in total. The van der Waals surface area contributed by atoms with Gasteiger partial charge in [0.15, 0.2) is 17.0 Å². The number of nitrogens with zero attached hydrogens (tertiary/aromatic N) is 2. The van der Waals surface area contributed by atoms with Gasteiger partial charge in [-0.3, -0.25) is 14.4 Å². The van der Waals surface area contributed by atoms with Crippen molar-refractivity contribution in [3.63, 3.8) is 0 Å². The van der Waals surface area contributed by atoms with Crippen LogP contribution in [0.1, 0.15) is 15.9 Å². The Morgan fingerprint density at radius 3 is 2.43 bits per heavy atom. The summed E-state index contributed by atoms with van der Waals surface area (Å²) in [6.07, 6.45) is -3.31. The number of halogens is 3. The Hall–Kier alpha value is -4.09. The lowest BCUT2D eigenvalue weighted by Gasteiger charge is -2.14. The maximum Gasteiger partial charge on any atom is 0.416 e. The lowest BCUT2D eigenvalue weighted by molar-refractivity contribution is -0.138. The minimum atomic E-state index is -4.57. The number of aromatic hydroxyl groups is 1. The number of aromatic nitrogens is 2. The van der Waals surface area contributed by atoms with E-state index >= 15 is 0 Å². The topological polar surface area (TPSA) is 131 Å². The molecule has 0 aliphatic rings. The van der Waals surface area contributed by atoms with Crippen LogP contribution in [0, 0.1) is 0 Å². The molecule has 3 rings (SSSR count). The fourth-order valence-corrected chi connectivity index (χ4v) is 2.52. The number of carbonyl (C=O) groups is 2. The first-order chi connectivity index (χ1) is 14.1. The Bertz CT molecular complexity index is 1190. The summed E-state index contributed by atoms with van der Waals surface area (Å²) >= 11 is 0. The predicted molar refractivity (Wildman–Crippen MR) is 95.1 cm³/mol. The Labute approximate surface area is 164 Å². The molecule has 3 aromatic rings. The monoisotopic (exact) mass is 423 g/mol. The molecular weight excluding hydrogens is 411 g/mol. The van der Waals surface area contributed by atoms with Gasteiger partial charge in [0.1, 0.15) is 12.3 Å². The molecule has 30 heavy (non-hydrogen) atoms. The molecule has 0 aliphatic heterocycles. The van der Waals surface area contributed by atoms with Gasteiger partial charge >= 0.3 is 17.7 Å². The van der Waals surface area contributed by atoms with Crippen molar-refractivity contribution in [2.45, 2.75) is 6.18 Å². The number of pyridine rings is 2. The quantitative estimate of drug-likeness (QED) is 0.570. The summed E-state index contributed by atoms with van der Waals surface area (Å²) in [5.41, 5.74) is -3.16. The number of nitrogens with one attached hydrogen (secondary N) is 1. The average molecular weight is 423 g/mol. The van der Waals surface area contributed by atoms with Crippen LogP contribution in [0.25, 0.3) is 11.0 Å². The van der Waals surface area contributed by atoms with Crippen LogP contribution in [-0.4, -0.2) is 38.3 Å². The van der Waals surface area contributed by atoms with Crippen molar-refractivity contribution >= 4 is 22.9 Å². The highest BCUT2D eigenvalue weighted by atomic mass is 19.4. The van der Waals surface area contributed by atoms with E-state index in [1.54, 1.807) is 0 Å². The van der Waals surface area contributed by atoms with Gasteiger partial charge in [0.05, 0.1) is 10.9 Å². The zero-order chi connectivity index (χ0) is 22.1. The number of amides is 1. The summed E-state index contributed by atoms with van der Waals surface area (Å²) in [6.45, 7) is -0.817. The van der Waals surface area contributed by atoms with Gasteiger partial charge < -0.3 is 20.4 Å². The predicted octanol–water partition coefficient (Wildman–Crippen LogP) is 1.78. The van der Waals surface area contributed by atoms with Gasteiger partial charge in [-0.2, -0.15) is 13.2 Å². The second kappa shape index (κ2) is 7.73.